The van der Waals surface area contributed by atoms with Crippen molar-refractivity contribution in [3.05, 3.63) is 47.8 Å². The molecule has 122 valence electrons. The fourth-order valence-corrected chi connectivity index (χ4v) is 2.67. The Balaban J connectivity index is 1.71. The second kappa shape index (κ2) is 7.09. The molecule has 1 saturated heterocycles. The summed E-state index contributed by atoms with van der Waals surface area (Å²) in [7, 11) is 0. The third-order valence-corrected chi connectivity index (χ3v) is 4.22. The van der Waals surface area contributed by atoms with Crippen LogP contribution >= 0.6 is 0 Å². The van der Waals surface area contributed by atoms with E-state index in [2.05, 4.69) is 28.3 Å². The van der Waals surface area contributed by atoms with E-state index >= 15 is 0 Å². The van der Waals surface area contributed by atoms with Gasteiger partial charge in [0.2, 0.25) is 5.95 Å². The standard InChI is InChI=1S/C18H19N5O/c1-13-7-10-23(11-8-13)17(24)16-6-9-20-18(22-16)21-15-4-2-14(12-19)3-5-15/h2-6,9,13H,7-8,10-11H2,1H3,(H,20,21,22). The Hall–Kier alpha value is -2.94. The molecule has 0 saturated carbocycles. The lowest BCUT2D eigenvalue weighted by Crippen LogP contribution is -2.38. The number of benzene rings is 1. The van der Waals surface area contributed by atoms with E-state index in [4.69, 9.17) is 5.26 Å². The summed E-state index contributed by atoms with van der Waals surface area (Å²) in [5.41, 5.74) is 1.76. The molecule has 6 nitrogen and oxygen atoms in total. The van der Waals surface area contributed by atoms with Gasteiger partial charge in [-0.25, -0.2) is 9.97 Å². The normalized spacial score (nSPS) is 14.9. The van der Waals surface area contributed by atoms with Crippen molar-refractivity contribution in [1.82, 2.24) is 14.9 Å². The van der Waals surface area contributed by atoms with Gasteiger partial charge in [0.05, 0.1) is 11.6 Å². The van der Waals surface area contributed by atoms with Crippen LogP contribution in [0.25, 0.3) is 0 Å². The monoisotopic (exact) mass is 321 g/mol. The summed E-state index contributed by atoms with van der Waals surface area (Å²) in [6.45, 7) is 3.77. The number of carbonyl (C=O) groups excluding carboxylic acids is 1. The molecule has 1 amide bonds. The van der Waals surface area contributed by atoms with Crippen LogP contribution in [-0.2, 0) is 0 Å². The average Bonchev–Trinajstić information content (AvgIpc) is 2.63. The van der Waals surface area contributed by atoms with Crippen LogP contribution < -0.4 is 5.32 Å². The maximum absolute atomic E-state index is 12.6. The van der Waals surface area contributed by atoms with Crippen molar-refractivity contribution < 1.29 is 4.79 Å². The number of amides is 1. The molecule has 24 heavy (non-hydrogen) atoms. The third-order valence-electron chi connectivity index (χ3n) is 4.22. The zero-order valence-electron chi connectivity index (χ0n) is 13.6. The molecule has 1 fully saturated rings. The fourth-order valence-electron chi connectivity index (χ4n) is 2.67. The maximum Gasteiger partial charge on any atom is 0.272 e. The molecular formula is C18H19N5O. The molecule has 0 radical (unpaired) electrons. The lowest BCUT2D eigenvalue weighted by molar-refractivity contribution is 0.0691. The molecule has 1 N–H and O–H groups in total. The van der Waals surface area contributed by atoms with Gasteiger partial charge in [-0.3, -0.25) is 4.79 Å². The highest BCUT2D eigenvalue weighted by Crippen LogP contribution is 2.18. The first-order valence-corrected chi connectivity index (χ1v) is 8.05. The second-order valence-corrected chi connectivity index (χ2v) is 6.05. The number of nitrogens with one attached hydrogen (secondary N) is 1. The van der Waals surface area contributed by atoms with Gasteiger partial charge in [-0.2, -0.15) is 5.26 Å². The van der Waals surface area contributed by atoms with Gasteiger partial charge >= 0.3 is 0 Å². The van der Waals surface area contributed by atoms with Gasteiger partial charge in [0.1, 0.15) is 5.69 Å². The van der Waals surface area contributed by atoms with E-state index in [1.165, 1.54) is 0 Å². The van der Waals surface area contributed by atoms with E-state index in [9.17, 15) is 4.79 Å². The Kier molecular flexibility index (Phi) is 4.71. The van der Waals surface area contributed by atoms with E-state index in [1.54, 1.807) is 36.5 Å². The number of carbonyl (C=O) groups is 1. The number of rotatable bonds is 3. The predicted octanol–water partition coefficient (Wildman–Crippen LogP) is 2.96. The Morgan fingerprint density at radius 3 is 2.62 bits per heavy atom. The minimum atomic E-state index is -0.0489. The van der Waals surface area contributed by atoms with Crippen molar-refractivity contribution in [1.29, 1.82) is 5.26 Å². The SMILES string of the molecule is CC1CCN(C(=O)c2ccnc(Nc3ccc(C#N)cc3)n2)CC1. The summed E-state index contributed by atoms with van der Waals surface area (Å²) >= 11 is 0. The number of anilines is 2. The van der Waals surface area contributed by atoms with Crippen LogP contribution in [0.15, 0.2) is 36.5 Å². The Labute approximate surface area is 141 Å². The van der Waals surface area contributed by atoms with Gasteiger partial charge in [-0.15, -0.1) is 0 Å². The molecular weight excluding hydrogens is 302 g/mol. The van der Waals surface area contributed by atoms with Crippen molar-refractivity contribution in [3.63, 3.8) is 0 Å². The lowest BCUT2D eigenvalue weighted by Gasteiger charge is -2.30. The number of aromatic nitrogens is 2. The molecule has 1 aromatic heterocycles. The zero-order valence-corrected chi connectivity index (χ0v) is 13.6. The number of likely N-dealkylation sites (tertiary alicyclic amines) is 1. The minimum absolute atomic E-state index is 0.0489. The third kappa shape index (κ3) is 3.69. The van der Waals surface area contributed by atoms with E-state index < -0.39 is 0 Å². The van der Waals surface area contributed by atoms with Crippen LogP contribution in [-0.4, -0.2) is 33.9 Å². The van der Waals surface area contributed by atoms with Crippen molar-refractivity contribution in [2.24, 2.45) is 5.92 Å². The zero-order chi connectivity index (χ0) is 16.9. The fraction of sp³-hybridized carbons (Fsp3) is 0.333. The van der Waals surface area contributed by atoms with E-state index in [0.717, 1.165) is 31.6 Å². The highest BCUT2D eigenvalue weighted by molar-refractivity contribution is 5.92. The summed E-state index contributed by atoms with van der Waals surface area (Å²) in [5, 5.41) is 11.9. The summed E-state index contributed by atoms with van der Waals surface area (Å²) in [6, 6.07) is 10.7. The topological polar surface area (TPSA) is 81.9 Å². The molecule has 0 atom stereocenters. The van der Waals surface area contributed by atoms with Gasteiger partial charge in [0, 0.05) is 25.0 Å². The van der Waals surface area contributed by atoms with Gasteiger partial charge in [0.15, 0.2) is 0 Å². The largest absolute Gasteiger partial charge is 0.337 e. The summed E-state index contributed by atoms with van der Waals surface area (Å²) < 4.78 is 0. The Morgan fingerprint density at radius 1 is 1.25 bits per heavy atom. The molecule has 3 rings (SSSR count). The molecule has 2 heterocycles. The Bertz CT molecular complexity index is 758. The van der Waals surface area contributed by atoms with Crippen molar-refractivity contribution in [2.45, 2.75) is 19.8 Å². The molecule has 0 aliphatic carbocycles. The van der Waals surface area contributed by atoms with E-state index in [-0.39, 0.29) is 5.91 Å². The number of hydrogen-bond donors (Lipinski definition) is 1. The van der Waals surface area contributed by atoms with E-state index in [0.29, 0.717) is 23.1 Å². The average molecular weight is 321 g/mol. The van der Waals surface area contributed by atoms with Crippen molar-refractivity contribution >= 4 is 17.5 Å². The maximum atomic E-state index is 12.6. The number of nitrogens with zero attached hydrogens (tertiary/aromatic N) is 4. The van der Waals surface area contributed by atoms with Crippen LogP contribution in [0.3, 0.4) is 0 Å². The molecule has 1 aliphatic heterocycles. The highest BCUT2D eigenvalue weighted by Gasteiger charge is 2.22. The predicted molar refractivity (Wildman–Crippen MR) is 90.8 cm³/mol. The first-order valence-electron chi connectivity index (χ1n) is 8.05. The summed E-state index contributed by atoms with van der Waals surface area (Å²) in [4.78, 5) is 22.9. The van der Waals surface area contributed by atoms with Crippen molar-refractivity contribution in [3.8, 4) is 6.07 Å². The summed E-state index contributed by atoms with van der Waals surface area (Å²) in [6.07, 6.45) is 3.65. The lowest BCUT2D eigenvalue weighted by atomic mass is 9.99. The first kappa shape index (κ1) is 15.9. The van der Waals surface area contributed by atoms with Crippen LogP contribution in [0.4, 0.5) is 11.6 Å². The first-order chi connectivity index (χ1) is 11.7. The highest BCUT2D eigenvalue weighted by atomic mass is 16.2. The van der Waals surface area contributed by atoms with Gasteiger partial charge in [0.25, 0.3) is 5.91 Å². The van der Waals surface area contributed by atoms with Crippen LogP contribution in [0.2, 0.25) is 0 Å². The van der Waals surface area contributed by atoms with E-state index in [1.807, 2.05) is 4.90 Å². The molecule has 0 bridgehead atoms. The van der Waals surface area contributed by atoms with Gasteiger partial charge in [-0.1, -0.05) is 6.92 Å². The molecule has 0 unspecified atom stereocenters. The second-order valence-electron chi connectivity index (χ2n) is 6.05. The smallest absolute Gasteiger partial charge is 0.272 e. The molecule has 1 aromatic carbocycles. The number of nitriles is 1. The number of hydrogen-bond acceptors (Lipinski definition) is 5. The van der Waals surface area contributed by atoms with Crippen molar-refractivity contribution in [2.75, 3.05) is 18.4 Å². The molecule has 1 aliphatic rings. The molecule has 2 aromatic rings. The Morgan fingerprint density at radius 2 is 1.96 bits per heavy atom. The molecule has 6 heteroatoms. The number of piperidine rings is 1. The minimum Gasteiger partial charge on any atom is -0.337 e. The molecule has 0 spiro atoms. The van der Waals surface area contributed by atoms with Crippen LogP contribution in [0, 0.1) is 17.2 Å². The quantitative estimate of drug-likeness (QED) is 0.940. The summed E-state index contributed by atoms with van der Waals surface area (Å²) in [5.74, 6) is 0.996. The van der Waals surface area contributed by atoms with Crippen LogP contribution in [0.5, 0.6) is 0 Å². The van der Waals surface area contributed by atoms with Gasteiger partial charge in [-0.05, 0) is 49.1 Å². The van der Waals surface area contributed by atoms with Crippen LogP contribution in [0.1, 0.15) is 35.8 Å². The van der Waals surface area contributed by atoms with Gasteiger partial charge < -0.3 is 10.2 Å².